The molecule has 6 nitrogen and oxygen atoms in total. The molecule has 0 spiro atoms. The quantitative estimate of drug-likeness (QED) is 0.610. The van der Waals surface area contributed by atoms with Gasteiger partial charge in [0, 0.05) is 13.0 Å². The lowest BCUT2D eigenvalue weighted by atomic mass is 9.89. The Morgan fingerprint density at radius 2 is 1.92 bits per heavy atom. The molecular formula is C18H30N2O4. The highest BCUT2D eigenvalue weighted by atomic mass is 16.5. The first-order valence-electron chi connectivity index (χ1n) is 9.13. The average Bonchev–Trinajstić information content (AvgIpc) is 2.62. The summed E-state index contributed by atoms with van der Waals surface area (Å²) in [6.07, 6.45) is 9.61. The number of hydrogen-bond acceptors (Lipinski definition) is 4. The van der Waals surface area contributed by atoms with Crippen molar-refractivity contribution in [3.05, 3.63) is 12.2 Å². The van der Waals surface area contributed by atoms with Gasteiger partial charge in [0.05, 0.1) is 25.2 Å². The van der Waals surface area contributed by atoms with Crippen molar-refractivity contribution in [1.82, 2.24) is 10.6 Å². The van der Waals surface area contributed by atoms with Crippen molar-refractivity contribution >= 4 is 11.8 Å². The largest absolute Gasteiger partial charge is 0.394 e. The van der Waals surface area contributed by atoms with Gasteiger partial charge >= 0.3 is 0 Å². The van der Waals surface area contributed by atoms with Gasteiger partial charge in [0.15, 0.2) is 0 Å². The topological polar surface area (TPSA) is 87.7 Å². The summed E-state index contributed by atoms with van der Waals surface area (Å²) < 4.78 is 5.74. The lowest BCUT2D eigenvalue weighted by Crippen LogP contribution is -2.49. The maximum atomic E-state index is 12.1. The molecule has 0 saturated heterocycles. The number of aliphatic hydroxyl groups excluding tert-OH is 1. The summed E-state index contributed by atoms with van der Waals surface area (Å²) in [6.45, 7) is 2.32. The summed E-state index contributed by atoms with van der Waals surface area (Å²) in [7, 11) is 0. The van der Waals surface area contributed by atoms with Gasteiger partial charge in [-0.25, -0.2) is 0 Å². The molecule has 1 heterocycles. The fraction of sp³-hybridized carbons (Fsp3) is 0.778. The first kappa shape index (κ1) is 18.9. The highest BCUT2D eigenvalue weighted by Gasteiger charge is 2.28. The van der Waals surface area contributed by atoms with Crippen LogP contribution in [0.5, 0.6) is 0 Å². The molecule has 0 aromatic rings. The van der Waals surface area contributed by atoms with E-state index in [9.17, 15) is 14.7 Å². The van der Waals surface area contributed by atoms with Crippen LogP contribution in [0.1, 0.15) is 51.9 Å². The molecule has 1 fully saturated rings. The second kappa shape index (κ2) is 9.79. The number of amides is 2. The van der Waals surface area contributed by atoms with Crippen molar-refractivity contribution in [3.63, 3.8) is 0 Å². The first-order valence-corrected chi connectivity index (χ1v) is 9.13. The molecule has 3 atom stereocenters. The van der Waals surface area contributed by atoms with Crippen LogP contribution in [0.2, 0.25) is 0 Å². The van der Waals surface area contributed by atoms with Gasteiger partial charge in [-0.15, -0.1) is 0 Å². The van der Waals surface area contributed by atoms with Crippen molar-refractivity contribution in [3.8, 4) is 0 Å². The number of rotatable bonds is 7. The molecule has 0 unspecified atom stereocenters. The van der Waals surface area contributed by atoms with E-state index in [1.54, 1.807) is 13.0 Å². The Kier molecular flexibility index (Phi) is 7.72. The molecule has 0 aromatic heterocycles. The van der Waals surface area contributed by atoms with E-state index in [2.05, 4.69) is 10.6 Å². The van der Waals surface area contributed by atoms with Crippen LogP contribution in [0, 0.1) is 5.92 Å². The molecule has 1 saturated carbocycles. The molecule has 2 amide bonds. The van der Waals surface area contributed by atoms with Gasteiger partial charge in [-0.1, -0.05) is 38.3 Å². The molecule has 0 bridgehead atoms. The van der Waals surface area contributed by atoms with Crippen LogP contribution in [-0.2, 0) is 14.3 Å². The fourth-order valence-corrected chi connectivity index (χ4v) is 3.33. The number of carbonyl (C=O) groups is 2. The van der Waals surface area contributed by atoms with E-state index in [1.807, 2.05) is 6.08 Å². The van der Waals surface area contributed by atoms with E-state index in [0.29, 0.717) is 12.3 Å². The average molecular weight is 338 g/mol. The Morgan fingerprint density at radius 3 is 2.58 bits per heavy atom. The summed E-state index contributed by atoms with van der Waals surface area (Å²) >= 11 is 0. The van der Waals surface area contributed by atoms with Crippen LogP contribution < -0.4 is 10.6 Å². The third-order valence-electron chi connectivity index (χ3n) is 4.81. The molecule has 0 radical (unpaired) electrons. The molecule has 1 aliphatic carbocycles. The van der Waals surface area contributed by atoms with Gasteiger partial charge in [0.1, 0.15) is 6.10 Å². The van der Waals surface area contributed by atoms with Crippen LogP contribution in [-0.4, -0.2) is 48.3 Å². The maximum Gasteiger partial charge on any atom is 0.222 e. The number of ether oxygens (including phenoxy) is 1. The van der Waals surface area contributed by atoms with E-state index < -0.39 is 6.10 Å². The summed E-state index contributed by atoms with van der Waals surface area (Å²) in [6, 6.07) is -0.344. The van der Waals surface area contributed by atoms with Gasteiger partial charge in [-0.2, -0.15) is 0 Å². The fourth-order valence-electron chi connectivity index (χ4n) is 3.33. The summed E-state index contributed by atoms with van der Waals surface area (Å²) in [5, 5.41) is 15.3. The van der Waals surface area contributed by atoms with Crippen molar-refractivity contribution in [2.75, 3.05) is 13.2 Å². The minimum Gasteiger partial charge on any atom is -0.394 e. The zero-order valence-corrected chi connectivity index (χ0v) is 14.5. The molecule has 3 N–H and O–H groups in total. The second-order valence-corrected chi connectivity index (χ2v) is 6.74. The number of aliphatic hydroxyl groups is 1. The molecule has 6 heteroatoms. The smallest absolute Gasteiger partial charge is 0.222 e. The highest BCUT2D eigenvalue weighted by molar-refractivity contribution is 5.77. The Hall–Kier alpha value is -1.40. The first-order chi connectivity index (χ1) is 11.6. The van der Waals surface area contributed by atoms with Crippen molar-refractivity contribution < 1.29 is 19.4 Å². The molecule has 2 rings (SSSR count). The number of nitrogens with one attached hydrogen (secondary N) is 2. The van der Waals surface area contributed by atoms with Crippen molar-refractivity contribution in [1.29, 1.82) is 0 Å². The molecule has 136 valence electrons. The maximum absolute atomic E-state index is 12.1. The third kappa shape index (κ3) is 5.91. The van der Waals surface area contributed by atoms with Crippen LogP contribution in [0.4, 0.5) is 0 Å². The van der Waals surface area contributed by atoms with Crippen LogP contribution in [0.25, 0.3) is 0 Å². The lowest BCUT2D eigenvalue weighted by Gasteiger charge is -2.31. The van der Waals surface area contributed by atoms with E-state index in [0.717, 1.165) is 6.54 Å². The standard InChI is InChI=1S/C18H30N2O4/c1-2-17(22)20-15-9-8-14(24-16(15)12-21)10-18(23)19-11-13-6-4-3-5-7-13/h8-9,13-16,21H,2-7,10-12H2,1H3,(H,19,23)(H,20,22)/t14-,15-,16+/m0/s1. The predicted molar refractivity (Wildman–Crippen MR) is 91.3 cm³/mol. The van der Waals surface area contributed by atoms with Gasteiger partial charge in [-0.05, 0) is 18.8 Å². The van der Waals surface area contributed by atoms with Crippen LogP contribution >= 0.6 is 0 Å². The molecule has 0 aromatic carbocycles. The Balaban J connectivity index is 1.76. The van der Waals surface area contributed by atoms with Crippen molar-refractivity contribution in [2.24, 2.45) is 5.92 Å². The molecular weight excluding hydrogens is 308 g/mol. The van der Waals surface area contributed by atoms with E-state index in [4.69, 9.17) is 4.74 Å². The van der Waals surface area contributed by atoms with E-state index in [-0.39, 0.29) is 37.0 Å². The highest BCUT2D eigenvalue weighted by Crippen LogP contribution is 2.23. The molecule has 1 aliphatic heterocycles. The summed E-state index contributed by atoms with van der Waals surface area (Å²) in [5.41, 5.74) is 0. The summed E-state index contributed by atoms with van der Waals surface area (Å²) in [5.74, 6) is 0.489. The number of carbonyl (C=O) groups excluding carboxylic acids is 2. The van der Waals surface area contributed by atoms with Gasteiger partial charge in [0.25, 0.3) is 0 Å². The Bertz CT molecular complexity index is 446. The Morgan fingerprint density at radius 1 is 1.17 bits per heavy atom. The van der Waals surface area contributed by atoms with Gasteiger partial charge in [0.2, 0.25) is 11.8 Å². The molecule has 24 heavy (non-hydrogen) atoms. The third-order valence-corrected chi connectivity index (χ3v) is 4.81. The minimum absolute atomic E-state index is 0.0250. The van der Waals surface area contributed by atoms with Crippen LogP contribution in [0.15, 0.2) is 12.2 Å². The monoisotopic (exact) mass is 338 g/mol. The molecule has 2 aliphatic rings. The summed E-state index contributed by atoms with van der Waals surface area (Å²) in [4.78, 5) is 23.6. The SMILES string of the molecule is CCC(=O)N[C@H]1C=C[C@@H](CC(=O)NCC2CCCCC2)O[C@@H]1CO. The second-order valence-electron chi connectivity index (χ2n) is 6.74. The predicted octanol–water partition coefficient (Wildman–Crippen LogP) is 1.28. The van der Waals surface area contributed by atoms with Crippen LogP contribution in [0.3, 0.4) is 0 Å². The minimum atomic E-state index is -0.512. The van der Waals surface area contributed by atoms with Gasteiger partial charge in [-0.3, -0.25) is 9.59 Å². The zero-order valence-electron chi connectivity index (χ0n) is 14.5. The normalized spacial score (nSPS) is 27.7. The van der Waals surface area contributed by atoms with Crippen molar-refractivity contribution in [2.45, 2.75) is 70.1 Å². The van der Waals surface area contributed by atoms with E-state index in [1.165, 1.54) is 32.1 Å². The zero-order chi connectivity index (χ0) is 17.4. The van der Waals surface area contributed by atoms with E-state index >= 15 is 0 Å². The van der Waals surface area contributed by atoms with Gasteiger partial charge < -0.3 is 20.5 Å². The number of hydrogen-bond donors (Lipinski definition) is 3. The Labute approximate surface area is 144 Å². The lowest BCUT2D eigenvalue weighted by molar-refractivity contribution is -0.128.